The van der Waals surface area contributed by atoms with Crippen LogP contribution in [-0.4, -0.2) is 76.7 Å². The fraction of sp³-hybridized carbons (Fsp3) is 0.562. The summed E-state index contributed by atoms with van der Waals surface area (Å²) in [6, 6.07) is 1.95. The number of amides is 1. The quantitative estimate of drug-likeness (QED) is 0.833. The van der Waals surface area contributed by atoms with Gasteiger partial charge in [0.1, 0.15) is 5.56 Å². The molecule has 0 saturated carbocycles. The van der Waals surface area contributed by atoms with Gasteiger partial charge in [-0.05, 0) is 19.9 Å². The maximum atomic E-state index is 12.7. The Kier molecular flexibility index (Phi) is 4.58. The Morgan fingerprint density at radius 2 is 2.09 bits per heavy atom. The lowest BCUT2D eigenvalue weighted by Crippen LogP contribution is -2.41. The van der Waals surface area contributed by atoms with E-state index in [4.69, 9.17) is 4.74 Å². The molecule has 0 N–H and O–H groups in total. The second-order valence-electron chi connectivity index (χ2n) is 6.01. The minimum absolute atomic E-state index is 0.0363. The van der Waals surface area contributed by atoms with Crippen LogP contribution in [0.4, 0.5) is 0 Å². The van der Waals surface area contributed by atoms with Crippen molar-refractivity contribution in [2.24, 2.45) is 0 Å². The average Bonchev–Trinajstić information content (AvgIpc) is 2.97. The SMILES string of the molecule is Cc1cc(C)n2ncc(C(=O)N(C)CCN3CCOCC3)c2n1. The Morgan fingerprint density at radius 1 is 1.35 bits per heavy atom. The zero-order chi connectivity index (χ0) is 16.4. The van der Waals surface area contributed by atoms with Crippen LogP contribution in [0.2, 0.25) is 0 Å². The second kappa shape index (κ2) is 6.64. The Morgan fingerprint density at radius 3 is 2.83 bits per heavy atom. The molecule has 0 atom stereocenters. The van der Waals surface area contributed by atoms with Crippen LogP contribution in [0, 0.1) is 13.8 Å². The third-order valence-electron chi connectivity index (χ3n) is 4.21. The van der Waals surface area contributed by atoms with E-state index in [1.54, 1.807) is 15.6 Å². The number of morpholine rings is 1. The van der Waals surface area contributed by atoms with Gasteiger partial charge in [0.25, 0.3) is 5.91 Å². The molecule has 124 valence electrons. The van der Waals surface area contributed by atoms with Crippen LogP contribution >= 0.6 is 0 Å². The number of likely N-dealkylation sites (N-methyl/N-ethyl adjacent to an activating group) is 1. The van der Waals surface area contributed by atoms with Crippen LogP contribution in [-0.2, 0) is 4.74 Å². The first-order valence-electron chi connectivity index (χ1n) is 7.94. The topological polar surface area (TPSA) is 63.0 Å². The van der Waals surface area contributed by atoms with E-state index in [-0.39, 0.29) is 5.91 Å². The molecule has 0 unspecified atom stereocenters. The molecule has 1 aliphatic heterocycles. The van der Waals surface area contributed by atoms with Gasteiger partial charge in [-0.2, -0.15) is 5.10 Å². The van der Waals surface area contributed by atoms with Crippen molar-refractivity contribution >= 4 is 11.6 Å². The van der Waals surface area contributed by atoms with Gasteiger partial charge in [0, 0.05) is 44.6 Å². The summed E-state index contributed by atoms with van der Waals surface area (Å²) in [6.07, 6.45) is 1.61. The van der Waals surface area contributed by atoms with Crippen molar-refractivity contribution in [3.63, 3.8) is 0 Å². The summed E-state index contributed by atoms with van der Waals surface area (Å²) >= 11 is 0. The number of fused-ring (bicyclic) bond motifs is 1. The monoisotopic (exact) mass is 317 g/mol. The van der Waals surface area contributed by atoms with Crippen molar-refractivity contribution in [2.75, 3.05) is 46.4 Å². The summed E-state index contributed by atoms with van der Waals surface area (Å²) in [5.74, 6) is -0.0363. The zero-order valence-electron chi connectivity index (χ0n) is 13.9. The van der Waals surface area contributed by atoms with E-state index in [0.29, 0.717) is 17.8 Å². The molecule has 1 fully saturated rings. The lowest BCUT2D eigenvalue weighted by Gasteiger charge is -2.28. The normalized spacial score (nSPS) is 16.0. The highest BCUT2D eigenvalue weighted by molar-refractivity contribution is 5.99. The van der Waals surface area contributed by atoms with Crippen molar-refractivity contribution in [3.05, 3.63) is 29.2 Å². The van der Waals surface area contributed by atoms with Crippen LogP contribution in [0.25, 0.3) is 5.65 Å². The largest absolute Gasteiger partial charge is 0.379 e. The molecule has 1 aliphatic rings. The summed E-state index contributed by atoms with van der Waals surface area (Å²) < 4.78 is 7.06. The van der Waals surface area contributed by atoms with Gasteiger partial charge in [0.15, 0.2) is 5.65 Å². The molecule has 0 aromatic carbocycles. The number of carbonyl (C=O) groups excluding carboxylic acids is 1. The van der Waals surface area contributed by atoms with E-state index in [9.17, 15) is 4.79 Å². The lowest BCUT2D eigenvalue weighted by atomic mass is 10.2. The van der Waals surface area contributed by atoms with Gasteiger partial charge in [0.05, 0.1) is 19.4 Å². The van der Waals surface area contributed by atoms with Gasteiger partial charge in [0.2, 0.25) is 0 Å². The van der Waals surface area contributed by atoms with Crippen LogP contribution < -0.4 is 0 Å². The molecule has 0 bridgehead atoms. The first kappa shape index (κ1) is 15.9. The minimum Gasteiger partial charge on any atom is -0.379 e. The van der Waals surface area contributed by atoms with Gasteiger partial charge >= 0.3 is 0 Å². The molecular weight excluding hydrogens is 294 g/mol. The molecule has 0 radical (unpaired) electrons. The highest BCUT2D eigenvalue weighted by atomic mass is 16.5. The van der Waals surface area contributed by atoms with Crippen LogP contribution in [0.5, 0.6) is 0 Å². The summed E-state index contributed by atoms with van der Waals surface area (Å²) in [7, 11) is 1.83. The van der Waals surface area contributed by atoms with E-state index in [0.717, 1.165) is 44.2 Å². The highest BCUT2D eigenvalue weighted by Crippen LogP contribution is 2.13. The van der Waals surface area contributed by atoms with Crippen molar-refractivity contribution in [2.45, 2.75) is 13.8 Å². The van der Waals surface area contributed by atoms with Crippen molar-refractivity contribution in [3.8, 4) is 0 Å². The Labute approximate surface area is 135 Å². The smallest absolute Gasteiger partial charge is 0.259 e. The van der Waals surface area contributed by atoms with Crippen molar-refractivity contribution in [1.29, 1.82) is 0 Å². The number of nitrogens with zero attached hydrogens (tertiary/aromatic N) is 5. The maximum Gasteiger partial charge on any atom is 0.259 e. The van der Waals surface area contributed by atoms with Crippen LogP contribution in [0.1, 0.15) is 21.7 Å². The van der Waals surface area contributed by atoms with E-state index in [1.165, 1.54) is 0 Å². The first-order chi connectivity index (χ1) is 11.1. The van der Waals surface area contributed by atoms with E-state index in [1.807, 2.05) is 27.0 Å². The number of aryl methyl sites for hydroxylation is 2. The molecule has 2 aromatic rings. The molecule has 1 saturated heterocycles. The minimum atomic E-state index is -0.0363. The standard InChI is InChI=1S/C16H23N5O2/c1-12-10-13(2)21-15(18-12)14(11-17-21)16(22)19(3)4-5-20-6-8-23-9-7-20/h10-11H,4-9H2,1-3H3. The molecule has 7 nitrogen and oxygen atoms in total. The Hall–Kier alpha value is -1.99. The molecule has 0 spiro atoms. The van der Waals surface area contributed by atoms with Crippen molar-refractivity contribution < 1.29 is 9.53 Å². The Balaban J connectivity index is 1.72. The fourth-order valence-corrected chi connectivity index (χ4v) is 2.84. The number of carbonyl (C=O) groups is 1. The van der Waals surface area contributed by atoms with Gasteiger partial charge in [-0.15, -0.1) is 0 Å². The van der Waals surface area contributed by atoms with E-state index < -0.39 is 0 Å². The fourth-order valence-electron chi connectivity index (χ4n) is 2.84. The predicted molar refractivity (Wildman–Crippen MR) is 86.7 cm³/mol. The molecule has 1 amide bonds. The summed E-state index contributed by atoms with van der Waals surface area (Å²) in [4.78, 5) is 21.2. The zero-order valence-corrected chi connectivity index (χ0v) is 13.9. The van der Waals surface area contributed by atoms with Crippen molar-refractivity contribution in [1.82, 2.24) is 24.4 Å². The third-order valence-corrected chi connectivity index (χ3v) is 4.21. The molecule has 3 rings (SSSR count). The van der Waals surface area contributed by atoms with Crippen LogP contribution in [0.3, 0.4) is 0 Å². The second-order valence-corrected chi connectivity index (χ2v) is 6.01. The number of aromatic nitrogens is 3. The van der Waals surface area contributed by atoms with Gasteiger partial charge in [-0.25, -0.2) is 9.50 Å². The predicted octanol–water partition coefficient (Wildman–Crippen LogP) is 0.750. The molecule has 7 heteroatoms. The van der Waals surface area contributed by atoms with Gasteiger partial charge < -0.3 is 9.64 Å². The van der Waals surface area contributed by atoms with E-state index in [2.05, 4.69) is 15.0 Å². The number of hydrogen-bond acceptors (Lipinski definition) is 5. The summed E-state index contributed by atoms with van der Waals surface area (Å²) in [5, 5.41) is 4.29. The molecule has 0 aliphatic carbocycles. The number of hydrogen-bond donors (Lipinski definition) is 0. The maximum absolute atomic E-state index is 12.7. The summed E-state index contributed by atoms with van der Waals surface area (Å²) in [6.45, 7) is 8.83. The molecule has 3 heterocycles. The molecule has 2 aromatic heterocycles. The first-order valence-corrected chi connectivity index (χ1v) is 7.94. The molecule has 23 heavy (non-hydrogen) atoms. The summed E-state index contributed by atoms with van der Waals surface area (Å²) in [5.41, 5.74) is 3.05. The van der Waals surface area contributed by atoms with Gasteiger partial charge in [-0.3, -0.25) is 9.69 Å². The number of rotatable bonds is 4. The number of ether oxygens (including phenoxy) is 1. The van der Waals surface area contributed by atoms with Crippen LogP contribution in [0.15, 0.2) is 12.3 Å². The average molecular weight is 317 g/mol. The van der Waals surface area contributed by atoms with Gasteiger partial charge in [-0.1, -0.05) is 0 Å². The lowest BCUT2D eigenvalue weighted by molar-refractivity contribution is 0.0338. The Bertz CT molecular complexity index is 706. The third kappa shape index (κ3) is 3.35. The highest BCUT2D eigenvalue weighted by Gasteiger charge is 2.20. The molecular formula is C16H23N5O2. The van der Waals surface area contributed by atoms with E-state index >= 15 is 0 Å².